The number of hydrogen-bond donors (Lipinski definition) is 2. The molecule has 2 aromatic carbocycles. The molecule has 0 atom stereocenters. The highest BCUT2D eigenvalue weighted by atomic mass is 35.5. The number of anilines is 1. The summed E-state index contributed by atoms with van der Waals surface area (Å²) in [6.07, 6.45) is 1.60. The predicted octanol–water partition coefficient (Wildman–Crippen LogP) is 3.82. The minimum absolute atomic E-state index is 0.109. The summed E-state index contributed by atoms with van der Waals surface area (Å²) in [5.74, 6) is -1.03. The molecule has 1 heterocycles. The highest BCUT2D eigenvalue weighted by molar-refractivity contribution is 6.31. The van der Waals surface area contributed by atoms with Gasteiger partial charge in [-0.25, -0.2) is 0 Å². The van der Waals surface area contributed by atoms with Crippen LogP contribution < -0.4 is 5.32 Å². The minimum atomic E-state index is -0.696. The maximum atomic E-state index is 12.3. The normalized spacial score (nSPS) is 15.4. The van der Waals surface area contributed by atoms with Crippen molar-refractivity contribution in [2.24, 2.45) is 5.92 Å². The molecule has 1 amide bonds. The lowest BCUT2D eigenvalue weighted by Crippen LogP contribution is -2.35. The Hall–Kier alpha value is -2.37. The molecule has 142 valence electrons. The number of carboxylic acid groups (broad SMARTS) is 1. The van der Waals surface area contributed by atoms with Crippen LogP contribution in [0.5, 0.6) is 0 Å². The second-order valence-electron chi connectivity index (χ2n) is 6.91. The van der Waals surface area contributed by atoms with Crippen LogP contribution in [0, 0.1) is 5.92 Å². The molecule has 0 aliphatic carbocycles. The van der Waals surface area contributed by atoms with E-state index in [9.17, 15) is 9.59 Å². The molecule has 0 spiro atoms. The zero-order valence-corrected chi connectivity index (χ0v) is 15.8. The van der Waals surface area contributed by atoms with Crippen LogP contribution in [0.2, 0.25) is 5.02 Å². The Balaban J connectivity index is 1.55. The van der Waals surface area contributed by atoms with E-state index in [1.165, 1.54) is 0 Å². The van der Waals surface area contributed by atoms with Gasteiger partial charge in [0.2, 0.25) is 5.91 Å². The standard InChI is InChI=1S/C21H23ClN2O3/c22-19-7-2-1-5-17(19)13-20(25)23-18-6-3-4-15(12-18)14-24-10-8-16(9-11-24)21(26)27/h1-7,12,16H,8-11,13-14H2,(H,23,25)(H,26,27). The molecule has 0 radical (unpaired) electrons. The van der Waals surface area contributed by atoms with Gasteiger partial charge in [-0.3, -0.25) is 14.5 Å². The van der Waals surface area contributed by atoms with Crippen molar-refractivity contribution in [3.63, 3.8) is 0 Å². The number of carbonyl (C=O) groups is 2. The molecule has 1 fully saturated rings. The smallest absolute Gasteiger partial charge is 0.306 e. The Morgan fingerprint density at radius 1 is 1.11 bits per heavy atom. The Kier molecular flexibility index (Phi) is 6.48. The van der Waals surface area contributed by atoms with Gasteiger partial charge in [0.1, 0.15) is 0 Å². The molecule has 0 unspecified atom stereocenters. The van der Waals surface area contributed by atoms with Crippen LogP contribution in [-0.4, -0.2) is 35.0 Å². The largest absolute Gasteiger partial charge is 0.481 e. The summed E-state index contributed by atoms with van der Waals surface area (Å²) in [5.41, 5.74) is 2.65. The molecule has 0 bridgehead atoms. The van der Waals surface area contributed by atoms with Crippen LogP contribution in [0.25, 0.3) is 0 Å². The van der Waals surface area contributed by atoms with Crippen LogP contribution in [0.4, 0.5) is 5.69 Å². The fourth-order valence-corrected chi connectivity index (χ4v) is 3.57. The van der Waals surface area contributed by atoms with Crippen molar-refractivity contribution in [1.29, 1.82) is 0 Å². The summed E-state index contributed by atoms with van der Waals surface area (Å²) in [6.45, 7) is 2.31. The first-order valence-electron chi connectivity index (χ1n) is 9.08. The lowest BCUT2D eigenvalue weighted by atomic mass is 9.97. The molecule has 1 aliphatic heterocycles. The quantitative estimate of drug-likeness (QED) is 0.791. The number of likely N-dealkylation sites (tertiary alicyclic amines) is 1. The first kappa shape index (κ1) is 19.4. The highest BCUT2D eigenvalue weighted by Gasteiger charge is 2.24. The fraction of sp³-hybridized carbons (Fsp3) is 0.333. The van der Waals surface area contributed by atoms with Crippen LogP contribution in [0.1, 0.15) is 24.0 Å². The van der Waals surface area contributed by atoms with Gasteiger partial charge in [-0.1, -0.05) is 41.9 Å². The zero-order valence-electron chi connectivity index (χ0n) is 15.0. The molecule has 1 saturated heterocycles. The summed E-state index contributed by atoms with van der Waals surface area (Å²) in [7, 11) is 0. The third kappa shape index (κ3) is 5.55. The van der Waals surface area contributed by atoms with Crippen LogP contribution in [-0.2, 0) is 22.6 Å². The van der Waals surface area contributed by atoms with E-state index in [1.54, 1.807) is 6.07 Å². The van der Waals surface area contributed by atoms with Gasteiger partial charge in [0.15, 0.2) is 0 Å². The lowest BCUT2D eigenvalue weighted by Gasteiger charge is -2.30. The number of nitrogens with zero attached hydrogens (tertiary/aromatic N) is 1. The summed E-state index contributed by atoms with van der Waals surface area (Å²) in [6, 6.07) is 15.1. The number of nitrogens with one attached hydrogen (secondary N) is 1. The SMILES string of the molecule is O=C(Cc1ccccc1Cl)Nc1cccc(CN2CCC(C(=O)O)CC2)c1. The van der Waals surface area contributed by atoms with Gasteiger partial charge in [0, 0.05) is 17.3 Å². The number of benzene rings is 2. The van der Waals surface area contributed by atoms with E-state index in [0.717, 1.165) is 36.4 Å². The molecule has 6 heteroatoms. The van der Waals surface area contributed by atoms with Gasteiger partial charge >= 0.3 is 5.97 Å². The van der Waals surface area contributed by atoms with Gasteiger partial charge < -0.3 is 10.4 Å². The van der Waals surface area contributed by atoms with Crippen LogP contribution >= 0.6 is 11.6 Å². The highest BCUT2D eigenvalue weighted by Crippen LogP contribution is 2.21. The van der Waals surface area contributed by atoms with Crippen molar-refractivity contribution in [2.45, 2.75) is 25.8 Å². The third-order valence-corrected chi connectivity index (χ3v) is 5.23. The number of halogens is 1. The van der Waals surface area contributed by atoms with Gasteiger partial charge in [0.25, 0.3) is 0 Å². The van der Waals surface area contributed by atoms with Crippen molar-refractivity contribution in [2.75, 3.05) is 18.4 Å². The molecule has 27 heavy (non-hydrogen) atoms. The van der Waals surface area contributed by atoms with E-state index in [0.29, 0.717) is 17.9 Å². The Bertz CT molecular complexity index is 817. The number of amides is 1. The van der Waals surface area contributed by atoms with E-state index in [2.05, 4.69) is 10.2 Å². The lowest BCUT2D eigenvalue weighted by molar-refractivity contribution is -0.143. The number of carboxylic acids is 1. The summed E-state index contributed by atoms with van der Waals surface area (Å²) >= 11 is 6.11. The predicted molar refractivity (Wildman–Crippen MR) is 106 cm³/mol. The molecular weight excluding hydrogens is 364 g/mol. The molecule has 0 saturated carbocycles. The first-order valence-corrected chi connectivity index (χ1v) is 9.46. The summed E-state index contributed by atoms with van der Waals surface area (Å²) in [4.78, 5) is 25.6. The van der Waals surface area contributed by atoms with Crippen LogP contribution in [0.15, 0.2) is 48.5 Å². The molecule has 3 rings (SSSR count). The molecule has 1 aliphatic rings. The van der Waals surface area contributed by atoms with Gasteiger partial charge in [-0.2, -0.15) is 0 Å². The van der Waals surface area contributed by atoms with E-state index in [1.807, 2.05) is 42.5 Å². The van der Waals surface area contributed by atoms with Crippen molar-refractivity contribution in [1.82, 2.24) is 4.90 Å². The zero-order chi connectivity index (χ0) is 19.2. The first-order chi connectivity index (χ1) is 13.0. The van der Waals surface area contributed by atoms with E-state index < -0.39 is 5.97 Å². The topological polar surface area (TPSA) is 69.6 Å². The summed E-state index contributed by atoms with van der Waals surface area (Å²) in [5, 5.41) is 12.6. The molecule has 0 aromatic heterocycles. The second-order valence-corrected chi connectivity index (χ2v) is 7.31. The molecule has 2 N–H and O–H groups in total. The average Bonchev–Trinajstić information content (AvgIpc) is 2.64. The van der Waals surface area contributed by atoms with E-state index in [4.69, 9.17) is 16.7 Å². The number of rotatable bonds is 6. The average molecular weight is 387 g/mol. The van der Waals surface area contributed by atoms with Gasteiger partial charge in [-0.15, -0.1) is 0 Å². The Morgan fingerprint density at radius 2 is 1.85 bits per heavy atom. The van der Waals surface area contributed by atoms with Crippen molar-refractivity contribution in [3.8, 4) is 0 Å². The van der Waals surface area contributed by atoms with Gasteiger partial charge in [0.05, 0.1) is 12.3 Å². The minimum Gasteiger partial charge on any atom is -0.481 e. The van der Waals surface area contributed by atoms with Crippen molar-refractivity contribution in [3.05, 3.63) is 64.7 Å². The Morgan fingerprint density at radius 3 is 2.56 bits per heavy atom. The Labute approximate surface area is 163 Å². The number of hydrogen-bond acceptors (Lipinski definition) is 3. The van der Waals surface area contributed by atoms with Crippen molar-refractivity contribution < 1.29 is 14.7 Å². The third-order valence-electron chi connectivity index (χ3n) is 4.86. The van der Waals surface area contributed by atoms with E-state index >= 15 is 0 Å². The fourth-order valence-electron chi connectivity index (χ4n) is 3.36. The number of piperidine rings is 1. The second kappa shape index (κ2) is 9.02. The maximum absolute atomic E-state index is 12.3. The van der Waals surface area contributed by atoms with Crippen molar-refractivity contribution >= 4 is 29.2 Å². The monoisotopic (exact) mass is 386 g/mol. The number of carbonyl (C=O) groups excluding carboxylic acids is 1. The van der Waals surface area contributed by atoms with E-state index in [-0.39, 0.29) is 18.2 Å². The van der Waals surface area contributed by atoms with Crippen LogP contribution in [0.3, 0.4) is 0 Å². The maximum Gasteiger partial charge on any atom is 0.306 e. The number of aliphatic carboxylic acids is 1. The molecule has 5 nitrogen and oxygen atoms in total. The molecular formula is C21H23ClN2O3. The summed E-state index contributed by atoms with van der Waals surface area (Å²) < 4.78 is 0. The van der Waals surface area contributed by atoms with Gasteiger partial charge in [-0.05, 0) is 55.3 Å². The molecule has 2 aromatic rings.